The maximum atomic E-state index is 12.5. The fraction of sp³-hybridized carbons (Fsp3) is 0.235. The van der Waals surface area contributed by atoms with Gasteiger partial charge in [0.25, 0.3) is 5.91 Å². The fourth-order valence-electron chi connectivity index (χ4n) is 2.18. The van der Waals surface area contributed by atoms with Gasteiger partial charge in [-0.15, -0.1) is 6.58 Å². The van der Waals surface area contributed by atoms with Crippen LogP contribution in [0, 0.1) is 0 Å². The van der Waals surface area contributed by atoms with Gasteiger partial charge >= 0.3 is 5.97 Å². The molecule has 1 amide bonds. The molecule has 1 aromatic heterocycles. The number of esters is 1. The topological polar surface area (TPSA) is 86.8 Å². The Morgan fingerprint density at radius 2 is 2.04 bits per heavy atom. The van der Waals surface area contributed by atoms with Gasteiger partial charge in [-0.2, -0.15) is 0 Å². The first-order valence-corrected chi connectivity index (χ1v) is 8.07. The Bertz CT molecular complexity index is 800. The molecule has 1 N–H and O–H groups in total. The number of rotatable bonds is 7. The van der Waals surface area contributed by atoms with Crippen molar-refractivity contribution in [3.05, 3.63) is 47.0 Å². The van der Waals surface area contributed by atoms with Crippen LogP contribution in [0.1, 0.15) is 25.6 Å². The number of aromatic nitrogens is 1. The minimum atomic E-state index is -0.502. The summed E-state index contributed by atoms with van der Waals surface area (Å²) in [6, 6.07) is 3.28. The lowest BCUT2D eigenvalue weighted by molar-refractivity contribution is 0.0606. The van der Waals surface area contributed by atoms with Gasteiger partial charge in [-0.05, 0) is 18.6 Å². The van der Waals surface area contributed by atoms with Crippen LogP contribution in [0.15, 0.2) is 31.0 Å². The summed E-state index contributed by atoms with van der Waals surface area (Å²) in [6.45, 7) is 3.71. The molecule has 1 heterocycles. The molecule has 7 nitrogen and oxygen atoms in total. The van der Waals surface area contributed by atoms with E-state index >= 15 is 0 Å². The van der Waals surface area contributed by atoms with Crippen LogP contribution >= 0.6 is 11.3 Å². The molecule has 0 radical (unpaired) electrons. The Labute approximate surface area is 149 Å². The van der Waals surface area contributed by atoms with Gasteiger partial charge in [0.15, 0.2) is 16.6 Å². The van der Waals surface area contributed by atoms with E-state index in [4.69, 9.17) is 9.47 Å². The lowest BCUT2D eigenvalue weighted by atomic mass is 10.1. The number of thiazole rings is 1. The first kappa shape index (κ1) is 18.5. The molecular weight excluding hydrogens is 344 g/mol. The summed E-state index contributed by atoms with van der Waals surface area (Å²) in [5.74, 6) is 0.122. The van der Waals surface area contributed by atoms with Crippen molar-refractivity contribution in [2.24, 2.45) is 0 Å². The first-order valence-electron chi connectivity index (χ1n) is 7.25. The van der Waals surface area contributed by atoms with Crippen molar-refractivity contribution in [1.29, 1.82) is 0 Å². The van der Waals surface area contributed by atoms with Crippen LogP contribution in [0.4, 0.5) is 5.13 Å². The van der Waals surface area contributed by atoms with Crippen molar-refractivity contribution in [3.8, 4) is 11.5 Å². The van der Waals surface area contributed by atoms with Crippen LogP contribution in [-0.4, -0.2) is 38.2 Å². The quantitative estimate of drug-likeness (QED) is 0.602. The Kier molecular flexibility index (Phi) is 6.13. The van der Waals surface area contributed by atoms with E-state index in [1.54, 1.807) is 18.2 Å². The number of allylic oxidation sites excluding steroid dienone is 1. The van der Waals surface area contributed by atoms with Gasteiger partial charge in [-0.1, -0.05) is 17.4 Å². The van der Waals surface area contributed by atoms with Crippen molar-refractivity contribution >= 4 is 28.3 Å². The monoisotopic (exact) mass is 362 g/mol. The maximum Gasteiger partial charge on any atom is 0.349 e. The van der Waals surface area contributed by atoms with Crippen molar-refractivity contribution in [2.75, 3.05) is 26.6 Å². The maximum absolute atomic E-state index is 12.5. The Morgan fingerprint density at radius 1 is 1.28 bits per heavy atom. The molecule has 0 atom stereocenters. The highest BCUT2D eigenvalue weighted by Crippen LogP contribution is 2.33. The molecule has 0 saturated heterocycles. The average molecular weight is 362 g/mol. The third-order valence-electron chi connectivity index (χ3n) is 3.29. The SMILES string of the molecule is C=CCc1cc(C(=O)Nc2ncc(C(=O)OC)s2)cc(OC)c1OC. The molecule has 2 rings (SSSR count). The van der Waals surface area contributed by atoms with E-state index in [1.165, 1.54) is 27.5 Å². The first-order chi connectivity index (χ1) is 12.0. The largest absolute Gasteiger partial charge is 0.493 e. The second-order valence-electron chi connectivity index (χ2n) is 4.84. The molecule has 0 spiro atoms. The number of anilines is 1. The summed E-state index contributed by atoms with van der Waals surface area (Å²) in [5, 5.41) is 2.95. The minimum absolute atomic E-state index is 0.297. The number of benzene rings is 1. The molecule has 0 aliphatic carbocycles. The standard InChI is InChI=1S/C17H18N2O5S/c1-5-6-10-7-11(8-12(22-2)14(10)23-3)15(20)19-17-18-9-13(25-17)16(21)24-4/h5,7-9H,1,6H2,2-4H3,(H,18,19,20). The van der Waals surface area contributed by atoms with E-state index < -0.39 is 5.97 Å². The summed E-state index contributed by atoms with van der Waals surface area (Å²) in [5.41, 5.74) is 1.15. The lowest BCUT2D eigenvalue weighted by Gasteiger charge is -2.14. The number of carbonyl (C=O) groups excluding carboxylic acids is 2. The van der Waals surface area contributed by atoms with Gasteiger partial charge in [-0.25, -0.2) is 9.78 Å². The van der Waals surface area contributed by atoms with Gasteiger partial charge in [0, 0.05) is 11.1 Å². The summed E-state index contributed by atoms with van der Waals surface area (Å²) in [6.07, 6.45) is 3.58. The summed E-state index contributed by atoms with van der Waals surface area (Å²) < 4.78 is 15.3. The number of nitrogens with zero attached hydrogens (tertiary/aromatic N) is 1. The summed E-state index contributed by atoms with van der Waals surface area (Å²) in [4.78, 5) is 28.3. The molecule has 132 valence electrons. The highest BCUT2D eigenvalue weighted by molar-refractivity contribution is 7.17. The minimum Gasteiger partial charge on any atom is -0.493 e. The molecule has 1 aromatic carbocycles. The molecule has 0 unspecified atom stereocenters. The van der Waals surface area contributed by atoms with E-state index in [9.17, 15) is 9.59 Å². The van der Waals surface area contributed by atoms with Gasteiger partial charge in [-0.3, -0.25) is 10.1 Å². The zero-order valence-corrected chi connectivity index (χ0v) is 14.9. The summed E-state index contributed by atoms with van der Waals surface area (Å²) >= 11 is 1.03. The van der Waals surface area contributed by atoms with Gasteiger partial charge in [0.2, 0.25) is 0 Å². The van der Waals surface area contributed by atoms with E-state index in [-0.39, 0.29) is 5.91 Å². The molecule has 0 bridgehead atoms. The number of methoxy groups -OCH3 is 3. The van der Waals surface area contributed by atoms with Crippen molar-refractivity contribution in [2.45, 2.75) is 6.42 Å². The average Bonchev–Trinajstić information content (AvgIpc) is 3.08. The van der Waals surface area contributed by atoms with Crippen LogP contribution in [-0.2, 0) is 11.2 Å². The van der Waals surface area contributed by atoms with E-state index in [2.05, 4.69) is 21.6 Å². The van der Waals surface area contributed by atoms with Crippen molar-refractivity contribution in [1.82, 2.24) is 4.98 Å². The van der Waals surface area contributed by atoms with Gasteiger partial charge < -0.3 is 14.2 Å². The van der Waals surface area contributed by atoms with Crippen LogP contribution in [0.25, 0.3) is 0 Å². The zero-order valence-electron chi connectivity index (χ0n) is 14.1. The number of ether oxygens (including phenoxy) is 3. The van der Waals surface area contributed by atoms with E-state index in [0.29, 0.717) is 33.5 Å². The van der Waals surface area contributed by atoms with Gasteiger partial charge in [0.1, 0.15) is 4.88 Å². The van der Waals surface area contributed by atoms with Crippen LogP contribution in [0.5, 0.6) is 11.5 Å². The van der Waals surface area contributed by atoms with Gasteiger partial charge in [0.05, 0.1) is 27.5 Å². The van der Waals surface area contributed by atoms with Crippen molar-refractivity contribution in [3.63, 3.8) is 0 Å². The third-order valence-corrected chi connectivity index (χ3v) is 4.19. The fourth-order valence-corrected chi connectivity index (χ4v) is 2.91. The Balaban J connectivity index is 2.29. The lowest BCUT2D eigenvalue weighted by Crippen LogP contribution is -2.12. The second kappa shape index (κ2) is 8.29. The molecule has 0 saturated carbocycles. The number of amides is 1. The normalized spacial score (nSPS) is 10.0. The molecule has 25 heavy (non-hydrogen) atoms. The Morgan fingerprint density at radius 3 is 2.64 bits per heavy atom. The molecule has 0 aliphatic heterocycles. The number of hydrogen-bond donors (Lipinski definition) is 1. The highest BCUT2D eigenvalue weighted by atomic mass is 32.1. The van der Waals surface area contributed by atoms with E-state index in [1.807, 2.05) is 0 Å². The van der Waals surface area contributed by atoms with Crippen LogP contribution < -0.4 is 14.8 Å². The van der Waals surface area contributed by atoms with E-state index in [0.717, 1.165) is 16.9 Å². The molecular formula is C17H18N2O5S. The van der Waals surface area contributed by atoms with Crippen LogP contribution in [0.2, 0.25) is 0 Å². The molecule has 0 aliphatic rings. The second-order valence-corrected chi connectivity index (χ2v) is 5.87. The predicted octanol–water partition coefficient (Wildman–Crippen LogP) is 2.93. The van der Waals surface area contributed by atoms with Crippen LogP contribution in [0.3, 0.4) is 0 Å². The third kappa shape index (κ3) is 4.16. The molecule has 0 fully saturated rings. The Hall–Kier alpha value is -2.87. The summed E-state index contributed by atoms with van der Waals surface area (Å²) in [7, 11) is 4.32. The predicted molar refractivity (Wildman–Crippen MR) is 94.9 cm³/mol. The number of hydrogen-bond acceptors (Lipinski definition) is 7. The number of carbonyl (C=O) groups is 2. The molecule has 2 aromatic rings. The smallest absolute Gasteiger partial charge is 0.349 e. The molecule has 8 heteroatoms. The zero-order chi connectivity index (χ0) is 18.4. The van der Waals surface area contributed by atoms with Crippen molar-refractivity contribution < 1.29 is 23.8 Å². The highest BCUT2D eigenvalue weighted by Gasteiger charge is 2.17. The number of nitrogens with one attached hydrogen (secondary N) is 1.